The molecule has 3 N–H and O–H groups in total. The van der Waals surface area contributed by atoms with Gasteiger partial charge in [0.1, 0.15) is 33.7 Å². The van der Waals surface area contributed by atoms with Gasteiger partial charge in [0, 0.05) is 30.1 Å². The van der Waals surface area contributed by atoms with Crippen LogP contribution in [0.15, 0.2) is 47.4 Å². The summed E-state index contributed by atoms with van der Waals surface area (Å²) in [4.78, 5) is 15.9. The molecule has 33 heavy (non-hydrogen) atoms. The van der Waals surface area contributed by atoms with Crippen molar-refractivity contribution in [3.05, 3.63) is 81.2 Å². The van der Waals surface area contributed by atoms with Crippen LogP contribution in [0, 0.1) is 23.0 Å². The third-order valence-corrected chi connectivity index (χ3v) is 7.33. The Morgan fingerprint density at radius 3 is 2.55 bits per heavy atom. The quantitative estimate of drug-likeness (QED) is 0.556. The summed E-state index contributed by atoms with van der Waals surface area (Å²) >= 11 is 1.31. The van der Waals surface area contributed by atoms with Crippen molar-refractivity contribution in [2.75, 3.05) is 11.9 Å². The molecule has 0 bridgehead atoms. The van der Waals surface area contributed by atoms with Gasteiger partial charge in [-0.3, -0.25) is 9.69 Å². The molecular weight excluding hydrogens is 466 g/mol. The Labute approximate surface area is 196 Å². The van der Waals surface area contributed by atoms with Crippen LogP contribution in [0.2, 0.25) is 0 Å². The van der Waals surface area contributed by atoms with Gasteiger partial charge in [0.05, 0.1) is 16.9 Å². The topological polar surface area (TPSA) is 99.2 Å². The minimum Gasteiger partial charge on any atom is -0.316 e. The summed E-state index contributed by atoms with van der Waals surface area (Å²) in [6.45, 7) is 1.12. The second kappa shape index (κ2) is 9.89. The van der Waals surface area contributed by atoms with E-state index in [1.54, 1.807) is 24.3 Å². The number of nitrogens with two attached hydrogens (primary N) is 1. The number of anilines is 1. The molecule has 0 saturated carbocycles. The minimum atomic E-state index is -1.58. The zero-order valence-electron chi connectivity index (χ0n) is 17.4. The number of halogens is 2. The molecule has 1 aliphatic rings. The molecule has 0 spiro atoms. The van der Waals surface area contributed by atoms with Crippen molar-refractivity contribution in [1.82, 2.24) is 4.90 Å². The number of nitrogens with zero attached hydrogens (tertiary/aromatic N) is 2. The maximum Gasteiger partial charge on any atom is 0.229 e. The van der Waals surface area contributed by atoms with Gasteiger partial charge < -0.3 is 5.32 Å². The van der Waals surface area contributed by atoms with E-state index < -0.39 is 22.6 Å². The fourth-order valence-corrected chi connectivity index (χ4v) is 5.46. The van der Waals surface area contributed by atoms with Gasteiger partial charge in [0.15, 0.2) is 0 Å². The summed E-state index contributed by atoms with van der Waals surface area (Å²) in [6, 6.07) is 12.6. The van der Waals surface area contributed by atoms with E-state index in [0.717, 1.165) is 16.0 Å². The average Bonchev–Trinajstić information content (AvgIpc) is 3.12. The predicted molar refractivity (Wildman–Crippen MR) is 123 cm³/mol. The number of thiophene rings is 1. The number of nitrogens with one attached hydrogen (secondary N) is 1. The molecule has 1 aromatic heterocycles. The summed E-state index contributed by atoms with van der Waals surface area (Å²) in [6.07, 6.45) is 0.641. The molecule has 3 aromatic rings. The fraction of sp³-hybridized carbons (Fsp3) is 0.217. The number of nitriles is 1. The normalized spacial score (nSPS) is 14.4. The smallest absolute Gasteiger partial charge is 0.229 e. The maximum absolute atomic E-state index is 14.0. The molecule has 2 heterocycles. The molecule has 1 aliphatic heterocycles. The van der Waals surface area contributed by atoms with Crippen molar-refractivity contribution in [2.24, 2.45) is 5.14 Å². The summed E-state index contributed by atoms with van der Waals surface area (Å²) in [7, 11) is -1.58. The number of fused-ring (bicyclic) bond motifs is 1. The first-order valence-corrected chi connectivity index (χ1v) is 12.1. The van der Waals surface area contributed by atoms with Crippen molar-refractivity contribution in [3.63, 3.8) is 0 Å². The van der Waals surface area contributed by atoms with Gasteiger partial charge in [0.2, 0.25) is 5.91 Å². The Balaban J connectivity index is 1.46. The number of hydrogen-bond donors (Lipinski definition) is 2. The first kappa shape index (κ1) is 23.2. The highest BCUT2D eigenvalue weighted by molar-refractivity contribution is 7.82. The number of hydrogen-bond acceptors (Lipinski definition) is 5. The highest BCUT2D eigenvalue weighted by Crippen LogP contribution is 2.37. The third-order valence-electron chi connectivity index (χ3n) is 5.46. The van der Waals surface area contributed by atoms with Crippen molar-refractivity contribution >= 4 is 33.2 Å². The zero-order valence-corrected chi connectivity index (χ0v) is 19.1. The van der Waals surface area contributed by atoms with Crippen LogP contribution in [0.25, 0.3) is 0 Å². The van der Waals surface area contributed by atoms with Gasteiger partial charge in [-0.25, -0.2) is 18.1 Å². The van der Waals surface area contributed by atoms with Gasteiger partial charge in [0.25, 0.3) is 0 Å². The molecule has 0 fully saturated rings. The summed E-state index contributed by atoms with van der Waals surface area (Å²) in [5.74, 6) is -1.44. The number of benzene rings is 2. The van der Waals surface area contributed by atoms with E-state index >= 15 is 0 Å². The molecule has 10 heteroatoms. The first-order chi connectivity index (χ1) is 15.9. The van der Waals surface area contributed by atoms with Crippen molar-refractivity contribution in [3.8, 4) is 6.07 Å². The number of rotatable bonds is 6. The van der Waals surface area contributed by atoms with E-state index in [1.807, 2.05) is 4.90 Å². The van der Waals surface area contributed by atoms with Crippen LogP contribution < -0.4 is 10.5 Å². The molecular formula is C23H20F2N4O2S2. The van der Waals surface area contributed by atoms with Gasteiger partial charge >= 0.3 is 0 Å². The van der Waals surface area contributed by atoms with Crippen LogP contribution in [0.5, 0.6) is 0 Å². The third kappa shape index (κ3) is 5.17. The second-order valence-corrected chi connectivity index (χ2v) is 9.82. The van der Waals surface area contributed by atoms with Gasteiger partial charge in [-0.05, 0) is 41.8 Å². The van der Waals surface area contributed by atoms with Crippen LogP contribution in [0.3, 0.4) is 0 Å². The maximum atomic E-state index is 14.0. The van der Waals surface area contributed by atoms with Crippen LogP contribution in [-0.2, 0) is 41.7 Å². The van der Waals surface area contributed by atoms with E-state index in [2.05, 4.69) is 11.4 Å². The summed E-state index contributed by atoms with van der Waals surface area (Å²) in [5, 5.41) is 18.3. The van der Waals surface area contributed by atoms with Gasteiger partial charge in [-0.15, -0.1) is 11.3 Å². The Bertz CT molecular complexity index is 1250. The van der Waals surface area contributed by atoms with Crippen LogP contribution in [-0.4, -0.2) is 21.6 Å². The van der Waals surface area contributed by atoms with E-state index in [-0.39, 0.29) is 24.4 Å². The zero-order chi connectivity index (χ0) is 23.5. The molecule has 1 amide bonds. The Morgan fingerprint density at radius 1 is 1.21 bits per heavy atom. The molecule has 4 rings (SSSR count). The first-order valence-electron chi connectivity index (χ1n) is 10.1. The van der Waals surface area contributed by atoms with E-state index in [4.69, 9.17) is 5.14 Å². The molecule has 2 aromatic carbocycles. The minimum absolute atomic E-state index is 0.0241. The van der Waals surface area contributed by atoms with Crippen LogP contribution >= 0.6 is 11.3 Å². The van der Waals surface area contributed by atoms with Crippen LogP contribution in [0.1, 0.15) is 27.1 Å². The van der Waals surface area contributed by atoms with Crippen molar-refractivity contribution in [1.29, 1.82) is 5.26 Å². The van der Waals surface area contributed by atoms with E-state index in [9.17, 15) is 23.0 Å². The Hall–Kier alpha value is -2.97. The average molecular weight is 487 g/mol. The lowest BCUT2D eigenvalue weighted by Gasteiger charge is -2.27. The van der Waals surface area contributed by atoms with E-state index in [0.29, 0.717) is 35.0 Å². The van der Waals surface area contributed by atoms with Gasteiger partial charge in [-0.2, -0.15) is 5.26 Å². The molecule has 170 valence electrons. The fourth-order valence-electron chi connectivity index (χ4n) is 3.80. The Kier molecular flexibility index (Phi) is 6.95. The molecule has 0 radical (unpaired) electrons. The number of carbonyl (C=O) groups excluding carboxylic acids is 1. The molecule has 0 saturated heterocycles. The summed E-state index contributed by atoms with van der Waals surface area (Å²) < 4.78 is 39.3. The van der Waals surface area contributed by atoms with E-state index in [1.165, 1.54) is 29.5 Å². The molecule has 0 aliphatic carbocycles. The SMILES string of the molecule is N#Cc1c(NC(=O)Cc2ccc(S(N)=O)cc2)sc2c1CCN(Cc1c(F)cccc1F)C2. The van der Waals surface area contributed by atoms with Crippen LogP contribution in [0.4, 0.5) is 13.8 Å². The standard InChI is InChI=1S/C23H20F2N4O2S2/c24-19-2-1-3-20(25)18(19)12-29-9-8-16-17(11-26)23(32-21(16)13-29)28-22(30)10-14-4-6-15(7-5-14)33(27)31/h1-7H,8-10,12-13,27H2,(H,28,30). The molecule has 1 unspecified atom stereocenters. The molecule has 1 atom stereocenters. The lowest BCUT2D eigenvalue weighted by atomic mass is 10.0. The molecule has 6 nitrogen and oxygen atoms in total. The highest BCUT2D eigenvalue weighted by atomic mass is 32.2. The lowest BCUT2D eigenvalue weighted by molar-refractivity contribution is -0.115. The predicted octanol–water partition coefficient (Wildman–Crippen LogP) is 3.62. The largest absolute Gasteiger partial charge is 0.316 e. The highest BCUT2D eigenvalue weighted by Gasteiger charge is 2.26. The second-order valence-electron chi connectivity index (χ2n) is 7.65. The van der Waals surface area contributed by atoms with Crippen molar-refractivity contribution < 1.29 is 17.8 Å². The monoisotopic (exact) mass is 486 g/mol. The number of amides is 1. The van der Waals surface area contributed by atoms with Crippen molar-refractivity contribution in [2.45, 2.75) is 30.8 Å². The summed E-state index contributed by atoms with van der Waals surface area (Å²) in [5.41, 5.74) is 2.06. The number of carbonyl (C=O) groups is 1. The Morgan fingerprint density at radius 2 is 1.91 bits per heavy atom. The van der Waals surface area contributed by atoms with Gasteiger partial charge in [-0.1, -0.05) is 18.2 Å². The lowest BCUT2D eigenvalue weighted by Crippen LogP contribution is -2.30.